The van der Waals surface area contributed by atoms with E-state index in [-0.39, 0.29) is 17.1 Å². The fraction of sp³-hybridized carbons (Fsp3) is 0.462. The molecule has 0 radical (unpaired) electrons. The van der Waals surface area contributed by atoms with Gasteiger partial charge in [0.15, 0.2) is 5.78 Å². The first-order chi connectivity index (χ1) is 8.22. The van der Waals surface area contributed by atoms with E-state index >= 15 is 0 Å². The van der Waals surface area contributed by atoms with Crippen molar-refractivity contribution in [2.24, 2.45) is 0 Å². The average Bonchev–Trinajstić information content (AvgIpc) is 2.75. The number of ketones is 1. The number of carbonyl (C=O) groups is 1. The fourth-order valence-corrected chi connectivity index (χ4v) is 3.30. The van der Waals surface area contributed by atoms with Gasteiger partial charge < -0.3 is 9.47 Å². The molecular weight excluding hydrogens is 236 g/mol. The molecule has 2 heterocycles. The second-order valence-corrected chi connectivity index (χ2v) is 5.79. The number of Topliss-reactive ketones (excluding diaryl/α,β-unsaturated/α-hetero) is 1. The minimum absolute atomic E-state index is 0.0593. The van der Waals surface area contributed by atoms with Crippen LogP contribution in [-0.4, -0.2) is 30.0 Å². The molecule has 2 bridgehead atoms. The Morgan fingerprint density at radius 2 is 2.06 bits per heavy atom. The first-order valence-corrected chi connectivity index (χ1v) is 6.63. The van der Waals surface area contributed by atoms with Crippen LogP contribution >= 0.6 is 11.8 Å². The largest absolute Gasteiger partial charge is 0.343 e. The molecule has 2 aliphatic rings. The second kappa shape index (κ2) is 4.44. The molecule has 17 heavy (non-hydrogen) atoms. The van der Waals surface area contributed by atoms with Gasteiger partial charge in [-0.2, -0.15) is 0 Å². The van der Waals surface area contributed by atoms with Gasteiger partial charge in [-0.15, -0.1) is 11.8 Å². The summed E-state index contributed by atoms with van der Waals surface area (Å²) in [5, 5.41) is 0.184. The van der Waals surface area contributed by atoms with Gasteiger partial charge in [-0.3, -0.25) is 4.79 Å². The molecular formula is C13H14O3S. The third-order valence-electron chi connectivity index (χ3n) is 3.10. The predicted molar refractivity (Wildman–Crippen MR) is 65.1 cm³/mol. The standard InChI is InChI=1S/C13H14O3S/c1-8-2-4-9(5-3-8)17-12-6-10(14)13-15-7-11(12)16-13/h2-5,11-13H,6-7H2,1H3/t11-,12+,13-/m0/s1. The van der Waals surface area contributed by atoms with Crippen LogP contribution in [0.1, 0.15) is 12.0 Å². The molecule has 0 saturated carbocycles. The minimum Gasteiger partial charge on any atom is -0.343 e. The predicted octanol–water partition coefficient (Wildman–Crippen LogP) is 2.17. The van der Waals surface area contributed by atoms with Gasteiger partial charge in [0.1, 0.15) is 0 Å². The molecule has 2 aliphatic heterocycles. The van der Waals surface area contributed by atoms with Gasteiger partial charge in [-0.25, -0.2) is 0 Å². The number of rotatable bonds is 2. The molecule has 0 amide bonds. The van der Waals surface area contributed by atoms with E-state index in [0.29, 0.717) is 13.0 Å². The van der Waals surface area contributed by atoms with E-state index < -0.39 is 6.29 Å². The van der Waals surface area contributed by atoms with E-state index in [1.165, 1.54) is 10.5 Å². The molecule has 0 unspecified atom stereocenters. The Balaban J connectivity index is 1.72. The van der Waals surface area contributed by atoms with Crippen molar-refractivity contribution >= 4 is 17.5 Å². The van der Waals surface area contributed by atoms with Crippen LogP contribution in [0.2, 0.25) is 0 Å². The second-order valence-electron chi connectivity index (χ2n) is 4.48. The summed E-state index contributed by atoms with van der Waals surface area (Å²) in [7, 11) is 0. The summed E-state index contributed by atoms with van der Waals surface area (Å²) >= 11 is 1.71. The van der Waals surface area contributed by atoms with Crippen LogP contribution in [0.3, 0.4) is 0 Å². The molecule has 0 spiro atoms. The highest BCUT2D eigenvalue weighted by molar-refractivity contribution is 8.00. The van der Waals surface area contributed by atoms with Crippen molar-refractivity contribution in [3.63, 3.8) is 0 Å². The highest BCUT2D eigenvalue weighted by Gasteiger charge is 2.43. The van der Waals surface area contributed by atoms with Gasteiger partial charge in [-0.1, -0.05) is 17.7 Å². The van der Waals surface area contributed by atoms with Gasteiger partial charge >= 0.3 is 0 Å². The van der Waals surface area contributed by atoms with Crippen LogP contribution in [0, 0.1) is 6.92 Å². The van der Waals surface area contributed by atoms with Crippen molar-refractivity contribution in [3.8, 4) is 0 Å². The molecule has 1 aromatic carbocycles. The Morgan fingerprint density at radius 3 is 2.82 bits per heavy atom. The number of carbonyl (C=O) groups excluding carboxylic acids is 1. The minimum atomic E-state index is -0.588. The first-order valence-electron chi connectivity index (χ1n) is 5.75. The summed E-state index contributed by atoms with van der Waals surface area (Å²) in [6, 6.07) is 8.35. The lowest BCUT2D eigenvalue weighted by Gasteiger charge is -2.25. The van der Waals surface area contributed by atoms with Crippen molar-refractivity contribution in [3.05, 3.63) is 29.8 Å². The highest BCUT2D eigenvalue weighted by Crippen LogP contribution is 2.36. The van der Waals surface area contributed by atoms with Gasteiger partial charge in [-0.05, 0) is 19.1 Å². The Hall–Kier alpha value is -0.840. The lowest BCUT2D eigenvalue weighted by Crippen LogP contribution is -2.37. The zero-order valence-corrected chi connectivity index (χ0v) is 10.4. The van der Waals surface area contributed by atoms with E-state index in [4.69, 9.17) is 9.47 Å². The van der Waals surface area contributed by atoms with Crippen LogP contribution in [-0.2, 0) is 14.3 Å². The number of hydrogen-bond donors (Lipinski definition) is 0. The number of thioether (sulfide) groups is 1. The third kappa shape index (κ3) is 2.25. The normalized spacial score (nSPS) is 31.8. The Kier molecular flexibility index (Phi) is 2.94. The van der Waals surface area contributed by atoms with Gasteiger partial charge in [0.25, 0.3) is 0 Å². The van der Waals surface area contributed by atoms with Crippen LogP contribution < -0.4 is 0 Å². The van der Waals surface area contributed by atoms with Crippen LogP contribution in [0.5, 0.6) is 0 Å². The van der Waals surface area contributed by atoms with Crippen molar-refractivity contribution < 1.29 is 14.3 Å². The van der Waals surface area contributed by atoms with E-state index in [1.54, 1.807) is 11.8 Å². The fourth-order valence-electron chi connectivity index (χ4n) is 2.12. The molecule has 1 aromatic rings. The van der Waals surface area contributed by atoms with Crippen LogP contribution in [0.4, 0.5) is 0 Å². The van der Waals surface area contributed by atoms with Crippen LogP contribution in [0.25, 0.3) is 0 Å². The summed E-state index contributed by atoms with van der Waals surface area (Å²) in [4.78, 5) is 12.8. The number of aryl methyl sites for hydroxylation is 1. The zero-order chi connectivity index (χ0) is 11.8. The maximum Gasteiger partial charge on any atom is 0.218 e. The summed E-state index contributed by atoms with van der Waals surface area (Å²) in [5.74, 6) is 0.0726. The molecule has 3 atom stereocenters. The van der Waals surface area contributed by atoms with Gasteiger partial charge in [0.2, 0.25) is 6.29 Å². The van der Waals surface area contributed by atoms with Crippen molar-refractivity contribution in [2.45, 2.75) is 35.9 Å². The molecule has 0 aliphatic carbocycles. The molecule has 4 heteroatoms. The molecule has 2 fully saturated rings. The lowest BCUT2D eigenvalue weighted by molar-refractivity contribution is -0.151. The smallest absolute Gasteiger partial charge is 0.218 e. The summed E-state index contributed by atoms with van der Waals surface area (Å²) in [5.41, 5.74) is 1.24. The third-order valence-corrected chi connectivity index (χ3v) is 4.42. The topological polar surface area (TPSA) is 35.5 Å². The monoisotopic (exact) mass is 250 g/mol. The zero-order valence-electron chi connectivity index (χ0n) is 9.59. The van der Waals surface area contributed by atoms with Gasteiger partial charge in [0.05, 0.1) is 12.7 Å². The molecule has 3 rings (SSSR count). The maximum atomic E-state index is 11.6. The van der Waals surface area contributed by atoms with E-state index in [9.17, 15) is 4.79 Å². The quantitative estimate of drug-likeness (QED) is 0.806. The van der Waals surface area contributed by atoms with E-state index in [1.807, 2.05) is 0 Å². The number of fused-ring (bicyclic) bond motifs is 2. The van der Waals surface area contributed by atoms with Crippen molar-refractivity contribution in [2.75, 3.05) is 6.61 Å². The Morgan fingerprint density at radius 1 is 1.29 bits per heavy atom. The van der Waals surface area contributed by atoms with Crippen LogP contribution in [0.15, 0.2) is 29.2 Å². The van der Waals surface area contributed by atoms with E-state index in [0.717, 1.165) is 0 Å². The number of hydrogen-bond acceptors (Lipinski definition) is 4. The molecule has 0 aromatic heterocycles. The lowest BCUT2D eigenvalue weighted by atomic mass is 10.1. The first kappa shape index (κ1) is 11.3. The molecule has 0 N–H and O–H groups in total. The number of benzene rings is 1. The average molecular weight is 250 g/mol. The maximum absolute atomic E-state index is 11.6. The summed E-state index contributed by atoms with van der Waals surface area (Å²) in [6.45, 7) is 2.61. The molecule has 90 valence electrons. The summed E-state index contributed by atoms with van der Waals surface area (Å²) < 4.78 is 10.8. The molecule has 2 saturated heterocycles. The Bertz CT molecular complexity index is 429. The van der Waals surface area contributed by atoms with Gasteiger partial charge in [0, 0.05) is 16.6 Å². The Labute approximate surface area is 104 Å². The van der Waals surface area contributed by atoms with Crippen molar-refractivity contribution in [1.82, 2.24) is 0 Å². The molecule has 3 nitrogen and oxygen atoms in total. The van der Waals surface area contributed by atoms with Crippen molar-refractivity contribution in [1.29, 1.82) is 0 Å². The summed E-state index contributed by atoms with van der Waals surface area (Å²) in [6.07, 6.45) is 0.0207. The SMILES string of the molecule is Cc1ccc(S[C@@H]2CC(=O)[C@H]3OC[C@@H]2O3)cc1. The number of ether oxygens (including phenoxy) is 2. The van der Waals surface area contributed by atoms with E-state index in [2.05, 4.69) is 31.2 Å². The highest BCUT2D eigenvalue weighted by atomic mass is 32.2.